The minimum Gasteiger partial charge on any atom is -0.386 e. The van der Waals surface area contributed by atoms with Crippen LogP contribution in [0, 0.1) is 11.3 Å². The van der Waals surface area contributed by atoms with Gasteiger partial charge in [0.05, 0.1) is 19.5 Å². The molecule has 24 nitrogen and oxygen atoms in total. The SMILES string of the molecule is CCC(C)C(=O)SCCNC(=O)CCNC(=O)[C@H](O)C(C)(C)COP(=O)(O)OP(=O)(O)OC[C@H]1O[C@H](n2cnc3c(N)ncnc32)[C@H](O)[C@@H]1OP(=O)(O)O. The molecule has 1 aliphatic rings. The van der Waals surface area contributed by atoms with Crippen LogP contribution in [-0.2, 0) is 50.7 Å². The van der Waals surface area contributed by atoms with Crippen LogP contribution >= 0.6 is 35.2 Å². The van der Waals surface area contributed by atoms with E-state index >= 15 is 0 Å². The molecule has 10 N–H and O–H groups in total. The van der Waals surface area contributed by atoms with Gasteiger partial charge in [-0.25, -0.2) is 28.6 Å². The molecule has 54 heavy (non-hydrogen) atoms. The average Bonchev–Trinajstić information content (AvgIpc) is 3.64. The number of ether oxygens (including phenoxy) is 1. The van der Waals surface area contributed by atoms with Gasteiger partial charge in [0.15, 0.2) is 22.8 Å². The fourth-order valence-corrected chi connectivity index (χ4v) is 8.28. The molecule has 306 valence electrons. The molecule has 0 aromatic carbocycles. The van der Waals surface area contributed by atoms with Gasteiger partial charge >= 0.3 is 23.5 Å². The maximum absolute atomic E-state index is 12.7. The zero-order valence-corrected chi connectivity index (χ0v) is 32.9. The lowest BCUT2D eigenvalue weighted by Crippen LogP contribution is -2.46. The van der Waals surface area contributed by atoms with Crippen molar-refractivity contribution in [2.45, 2.75) is 71.2 Å². The highest BCUT2D eigenvalue weighted by Gasteiger charge is 2.50. The van der Waals surface area contributed by atoms with Crippen molar-refractivity contribution in [3.05, 3.63) is 12.7 Å². The second kappa shape index (κ2) is 19.1. The second-order valence-electron chi connectivity index (χ2n) is 12.5. The van der Waals surface area contributed by atoms with E-state index < -0.39 is 84.6 Å². The van der Waals surface area contributed by atoms with Crippen LogP contribution in [0.1, 0.15) is 46.8 Å². The molecule has 0 spiro atoms. The van der Waals surface area contributed by atoms with Gasteiger partial charge in [-0.05, 0) is 6.42 Å². The Labute approximate surface area is 312 Å². The number of nitrogens with zero attached hydrogens (tertiary/aromatic N) is 4. The minimum absolute atomic E-state index is 0.0173. The van der Waals surface area contributed by atoms with Crippen molar-refractivity contribution in [3.8, 4) is 0 Å². The van der Waals surface area contributed by atoms with Gasteiger partial charge in [0.1, 0.15) is 36.3 Å². The summed E-state index contributed by atoms with van der Waals surface area (Å²) >= 11 is 1.10. The van der Waals surface area contributed by atoms with Crippen molar-refractivity contribution in [1.82, 2.24) is 30.2 Å². The van der Waals surface area contributed by atoms with Crippen LogP contribution in [-0.4, -0.2) is 123 Å². The lowest BCUT2D eigenvalue weighted by Gasteiger charge is -2.30. The zero-order valence-electron chi connectivity index (χ0n) is 29.4. The number of carbonyl (C=O) groups excluding carboxylic acids is 3. The molecular weight excluding hydrogens is 807 g/mol. The minimum atomic E-state index is -5.56. The molecule has 2 aromatic rings. The van der Waals surface area contributed by atoms with Gasteiger partial charge in [0.2, 0.25) is 11.8 Å². The number of thioether (sulfide) groups is 1. The number of nitrogens with two attached hydrogens (primary N) is 1. The van der Waals surface area contributed by atoms with Crippen molar-refractivity contribution in [2.75, 3.05) is 37.8 Å². The number of aromatic nitrogens is 4. The van der Waals surface area contributed by atoms with Crippen LogP contribution in [0.15, 0.2) is 12.7 Å². The largest absolute Gasteiger partial charge is 0.481 e. The molecular formula is C26H44N7O17P3S. The first kappa shape index (κ1) is 45.9. The summed E-state index contributed by atoms with van der Waals surface area (Å²) in [5, 5.41) is 26.3. The highest BCUT2D eigenvalue weighted by molar-refractivity contribution is 8.13. The van der Waals surface area contributed by atoms with E-state index in [0.29, 0.717) is 12.2 Å². The van der Waals surface area contributed by atoms with Crippen LogP contribution in [0.25, 0.3) is 11.2 Å². The lowest BCUT2D eigenvalue weighted by molar-refractivity contribution is -0.137. The molecule has 0 saturated carbocycles. The standard InChI is InChI=1S/C26H44N7O17P3S/c1-5-14(2)25(38)54-9-8-28-16(34)6-7-29-23(37)20(36)26(3,4)11-47-53(44,45)50-52(42,43)46-10-15-19(49-51(39,40)41)18(35)24(48-15)33-13-32-17-21(27)30-12-31-22(17)33/h12-15,18-20,24,35-36H,5-11H2,1-4H3,(H,28,34)(H,29,37)(H,42,43)(H,44,45)(H2,27,30,31)(H2,39,40,41)/t14?,15-,18-,19-,20+,24+/m1/s1. The Morgan fingerprint density at radius 1 is 1.07 bits per heavy atom. The first-order valence-corrected chi connectivity index (χ1v) is 21.5. The molecule has 2 aromatic heterocycles. The van der Waals surface area contributed by atoms with E-state index in [0.717, 1.165) is 29.0 Å². The van der Waals surface area contributed by atoms with E-state index in [4.69, 9.17) is 19.5 Å². The van der Waals surface area contributed by atoms with E-state index in [1.165, 1.54) is 13.8 Å². The number of fused-ring (bicyclic) bond motifs is 1. The van der Waals surface area contributed by atoms with Crippen LogP contribution in [0.5, 0.6) is 0 Å². The number of phosphoric ester groups is 3. The summed E-state index contributed by atoms with van der Waals surface area (Å²) in [6.45, 7) is 4.23. The molecule has 3 heterocycles. The third kappa shape index (κ3) is 13.4. The number of hydrogen-bond donors (Lipinski definition) is 9. The number of aliphatic hydroxyl groups is 2. The van der Waals surface area contributed by atoms with Gasteiger partial charge in [0, 0.05) is 36.6 Å². The molecule has 0 bridgehead atoms. The second-order valence-corrected chi connectivity index (χ2v) is 17.9. The third-order valence-corrected chi connectivity index (χ3v) is 12.0. The number of hydrogen-bond acceptors (Lipinski definition) is 18. The normalized spacial score (nSPS) is 22.6. The predicted molar refractivity (Wildman–Crippen MR) is 187 cm³/mol. The fraction of sp³-hybridized carbons (Fsp3) is 0.692. The molecule has 3 unspecified atom stereocenters. The van der Waals surface area contributed by atoms with Crippen molar-refractivity contribution < 1.29 is 80.5 Å². The number of anilines is 1. The van der Waals surface area contributed by atoms with Gasteiger partial charge < -0.3 is 50.9 Å². The zero-order chi connectivity index (χ0) is 40.6. The first-order valence-electron chi connectivity index (χ1n) is 16.0. The molecule has 2 amide bonds. The smallest absolute Gasteiger partial charge is 0.386 e. The molecule has 0 radical (unpaired) electrons. The van der Waals surface area contributed by atoms with Crippen LogP contribution < -0.4 is 16.4 Å². The number of aliphatic hydroxyl groups excluding tert-OH is 2. The molecule has 1 saturated heterocycles. The van der Waals surface area contributed by atoms with E-state index in [1.54, 1.807) is 0 Å². The van der Waals surface area contributed by atoms with Gasteiger partial charge in [-0.1, -0.05) is 39.5 Å². The monoisotopic (exact) mass is 851 g/mol. The Morgan fingerprint density at radius 2 is 1.74 bits per heavy atom. The first-order chi connectivity index (χ1) is 25.0. The van der Waals surface area contributed by atoms with Gasteiger partial charge in [-0.15, -0.1) is 0 Å². The van der Waals surface area contributed by atoms with Crippen LogP contribution in [0.3, 0.4) is 0 Å². The Kier molecular flexibility index (Phi) is 16.3. The number of nitrogen functional groups attached to an aromatic ring is 1. The Morgan fingerprint density at radius 3 is 2.39 bits per heavy atom. The average molecular weight is 852 g/mol. The molecule has 8 atom stereocenters. The highest BCUT2D eigenvalue weighted by atomic mass is 32.2. The number of phosphoric acid groups is 3. The number of rotatable bonds is 21. The van der Waals surface area contributed by atoms with E-state index in [1.807, 2.05) is 13.8 Å². The lowest BCUT2D eigenvalue weighted by atomic mass is 9.87. The summed E-state index contributed by atoms with van der Waals surface area (Å²) in [5.41, 5.74) is 4.27. The van der Waals surface area contributed by atoms with Gasteiger partial charge in [0.25, 0.3) is 0 Å². The number of imidazole rings is 1. The van der Waals surface area contributed by atoms with Crippen molar-refractivity contribution >= 4 is 69.1 Å². The fourth-order valence-electron chi connectivity index (χ4n) is 4.59. The highest BCUT2D eigenvalue weighted by Crippen LogP contribution is 2.61. The van der Waals surface area contributed by atoms with Crippen LogP contribution in [0.2, 0.25) is 0 Å². The van der Waals surface area contributed by atoms with E-state index in [2.05, 4.69) is 34.4 Å². The summed E-state index contributed by atoms with van der Waals surface area (Å²) in [6.07, 6.45) is -6.18. The van der Waals surface area contributed by atoms with Crippen molar-refractivity contribution in [3.63, 3.8) is 0 Å². The van der Waals surface area contributed by atoms with Crippen molar-refractivity contribution in [2.24, 2.45) is 11.3 Å². The van der Waals surface area contributed by atoms with Gasteiger partial charge in [-0.2, -0.15) is 4.31 Å². The molecule has 1 fully saturated rings. The number of nitrogens with one attached hydrogen (secondary N) is 2. The summed E-state index contributed by atoms with van der Waals surface area (Å²) in [7, 11) is -16.4. The van der Waals surface area contributed by atoms with Gasteiger partial charge in [-0.3, -0.25) is 32.5 Å². The summed E-state index contributed by atoms with van der Waals surface area (Å²) in [4.78, 5) is 87.3. The summed E-state index contributed by atoms with van der Waals surface area (Å²) in [6, 6.07) is 0. The Hall–Kier alpha value is -2.44. The van der Waals surface area contributed by atoms with E-state index in [-0.39, 0.29) is 47.5 Å². The van der Waals surface area contributed by atoms with E-state index in [9.17, 15) is 57.9 Å². The maximum atomic E-state index is 12.7. The number of amides is 2. The molecule has 1 aliphatic heterocycles. The molecule has 28 heteroatoms. The summed E-state index contributed by atoms with van der Waals surface area (Å²) in [5.74, 6) is -1.16. The maximum Gasteiger partial charge on any atom is 0.481 e. The third-order valence-electron chi connectivity index (χ3n) is 7.76. The topological polar surface area (TPSA) is 364 Å². The Bertz CT molecular complexity index is 1780. The molecule has 0 aliphatic carbocycles. The Balaban J connectivity index is 1.51. The quantitative estimate of drug-likeness (QED) is 0.0575. The predicted octanol–water partition coefficient (Wildman–Crippen LogP) is -0.289. The number of carbonyl (C=O) groups is 3. The molecule has 3 rings (SSSR count). The summed E-state index contributed by atoms with van der Waals surface area (Å²) < 4.78 is 62.0. The van der Waals surface area contributed by atoms with Crippen molar-refractivity contribution in [1.29, 1.82) is 0 Å². The van der Waals surface area contributed by atoms with Crippen LogP contribution in [0.4, 0.5) is 5.82 Å².